The SMILES string of the molecule is Cc1[nH]c(=O)sc1S(=O)(=O)N(CC1CCNCC1)C1CC1. The summed E-state index contributed by atoms with van der Waals surface area (Å²) in [6.07, 6.45) is 3.90. The Morgan fingerprint density at radius 3 is 2.43 bits per heavy atom. The number of thiazole rings is 1. The number of rotatable bonds is 5. The van der Waals surface area contributed by atoms with Crippen LogP contribution in [0.25, 0.3) is 0 Å². The molecule has 2 aliphatic rings. The van der Waals surface area contributed by atoms with Gasteiger partial charge in [0.05, 0.1) is 0 Å². The maximum Gasteiger partial charge on any atom is 0.305 e. The van der Waals surface area contributed by atoms with Gasteiger partial charge in [-0.25, -0.2) is 8.42 Å². The summed E-state index contributed by atoms with van der Waals surface area (Å²) in [5.74, 6) is 0.414. The Labute approximate surface area is 128 Å². The van der Waals surface area contributed by atoms with Crippen molar-refractivity contribution >= 4 is 21.4 Å². The van der Waals surface area contributed by atoms with Crippen LogP contribution in [0.15, 0.2) is 9.00 Å². The summed E-state index contributed by atoms with van der Waals surface area (Å²) in [5, 5.41) is 3.30. The van der Waals surface area contributed by atoms with Crippen molar-refractivity contribution in [1.29, 1.82) is 0 Å². The van der Waals surface area contributed by atoms with Gasteiger partial charge >= 0.3 is 4.87 Å². The Bertz CT molecular complexity index is 654. The van der Waals surface area contributed by atoms with Gasteiger partial charge in [0, 0.05) is 18.3 Å². The normalized spacial score (nSPS) is 21.0. The van der Waals surface area contributed by atoms with E-state index in [1.807, 2.05) is 0 Å². The molecule has 8 heteroatoms. The average Bonchev–Trinajstić information content (AvgIpc) is 3.21. The fourth-order valence-electron chi connectivity index (χ4n) is 2.87. The zero-order valence-corrected chi connectivity index (χ0v) is 13.7. The van der Waals surface area contributed by atoms with Crippen LogP contribution < -0.4 is 10.2 Å². The van der Waals surface area contributed by atoms with E-state index in [0.717, 1.165) is 50.1 Å². The highest BCUT2D eigenvalue weighted by molar-refractivity contribution is 7.91. The van der Waals surface area contributed by atoms with Crippen LogP contribution in [0, 0.1) is 12.8 Å². The maximum absolute atomic E-state index is 12.9. The van der Waals surface area contributed by atoms with E-state index in [-0.39, 0.29) is 15.1 Å². The molecule has 2 fully saturated rings. The number of sulfonamides is 1. The fourth-order valence-corrected chi connectivity index (χ4v) is 6.04. The lowest BCUT2D eigenvalue weighted by atomic mass is 9.98. The second kappa shape index (κ2) is 5.83. The predicted molar refractivity (Wildman–Crippen MR) is 82.2 cm³/mol. The van der Waals surface area contributed by atoms with Crippen molar-refractivity contribution in [1.82, 2.24) is 14.6 Å². The van der Waals surface area contributed by atoms with Gasteiger partial charge in [0.1, 0.15) is 0 Å². The summed E-state index contributed by atoms with van der Waals surface area (Å²) in [4.78, 5) is 13.7. The molecule has 2 heterocycles. The number of hydrogen-bond donors (Lipinski definition) is 2. The Morgan fingerprint density at radius 2 is 1.90 bits per heavy atom. The molecular weight excluding hydrogens is 310 g/mol. The lowest BCUT2D eigenvalue weighted by Crippen LogP contribution is -2.40. The van der Waals surface area contributed by atoms with Crippen molar-refractivity contribution in [3.05, 3.63) is 15.4 Å². The summed E-state index contributed by atoms with van der Waals surface area (Å²) in [6, 6.07) is 0.126. The van der Waals surface area contributed by atoms with Crippen LogP contribution in [0.1, 0.15) is 31.4 Å². The van der Waals surface area contributed by atoms with Gasteiger partial charge in [0.2, 0.25) is 0 Å². The van der Waals surface area contributed by atoms with E-state index in [2.05, 4.69) is 10.3 Å². The summed E-state index contributed by atoms with van der Waals surface area (Å²) in [7, 11) is -3.55. The van der Waals surface area contributed by atoms with E-state index >= 15 is 0 Å². The molecule has 0 spiro atoms. The van der Waals surface area contributed by atoms with Crippen LogP contribution in [0.2, 0.25) is 0 Å². The Balaban J connectivity index is 1.85. The first-order chi connectivity index (χ1) is 9.98. The van der Waals surface area contributed by atoms with E-state index in [1.54, 1.807) is 11.2 Å². The second-order valence-electron chi connectivity index (χ2n) is 5.93. The van der Waals surface area contributed by atoms with Gasteiger partial charge < -0.3 is 10.3 Å². The fraction of sp³-hybridized carbons (Fsp3) is 0.769. The smallest absolute Gasteiger partial charge is 0.305 e. The third kappa shape index (κ3) is 3.23. The van der Waals surface area contributed by atoms with Gasteiger partial charge in [-0.1, -0.05) is 11.3 Å². The van der Waals surface area contributed by atoms with E-state index in [9.17, 15) is 13.2 Å². The quantitative estimate of drug-likeness (QED) is 0.840. The molecule has 0 aromatic carbocycles. The van der Waals surface area contributed by atoms with E-state index in [4.69, 9.17) is 0 Å². The lowest BCUT2D eigenvalue weighted by Gasteiger charge is -2.29. The maximum atomic E-state index is 12.9. The number of nitrogens with one attached hydrogen (secondary N) is 2. The summed E-state index contributed by atoms with van der Waals surface area (Å²) >= 11 is 0.804. The highest BCUT2D eigenvalue weighted by atomic mass is 32.2. The molecule has 1 aromatic rings. The van der Waals surface area contributed by atoms with Crippen molar-refractivity contribution < 1.29 is 8.42 Å². The van der Waals surface area contributed by atoms with E-state index in [1.165, 1.54) is 0 Å². The number of H-pyrrole nitrogens is 1. The molecule has 0 atom stereocenters. The van der Waals surface area contributed by atoms with Gasteiger partial charge in [0.25, 0.3) is 10.0 Å². The molecule has 118 valence electrons. The highest BCUT2D eigenvalue weighted by Crippen LogP contribution is 2.35. The molecule has 1 aliphatic heterocycles. The molecule has 0 bridgehead atoms. The molecule has 3 rings (SSSR count). The van der Waals surface area contributed by atoms with Gasteiger partial charge in [-0.2, -0.15) is 4.31 Å². The topological polar surface area (TPSA) is 82.3 Å². The molecule has 1 saturated heterocycles. The van der Waals surface area contributed by atoms with Gasteiger partial charge in [-0.05, 0) is 51.6 Å². The minimum absolute atomic E-state index is 0.126. The summed E-state index contributed by atoms with van der Waals surface area (Å²) < 4.78 is 27.6. The number of piperidine rings is 1. The van der Waals surface area contributed by atoms with Gasteiger partial charge in [-0.15, -0.1) is 0 Å². The minimum atomic E-state index is -3.55. The third-order valence-corrected chi connectivity index (χ3v) is 7.68. The van der Waals surface area contributed by atoms with E-state index < -0.39 is 10.0 Å². The summed E-state index contributed by atoms with van der Waals surface area (Å²) in [6.45, 7) is 4.15. The Hall–Kier alpha value is -0.700. The van der Waals surface area contributed by atoms with Crippen molar-refractivity contribution in [2.75, 3.05) is 19.6 Å². The van der Waals surface area contributed by atoms with Crippen molar-refractivity contribution in [3.8, 4) is 0 Å². The van der Waals surface area contributed by atoms with Crippen LogP contribution in [0.5, 0.6) is 0 Å². The summed E-state index contributed by atoms with van der Waals surface area (Å²) in [5.41, 5.74) is 0.459. The number of aryl methyl sites for hydroxylation is 1. The van der Waals surface area contributed by atoms with Crippen molar-refractivity contribution in [3.63, 3.8) is 0 Å². The lowest BCUT2D eigenvalue weighted by molar-refractivity contribution is 0.283. The minimum Gasteiger partial charge on any atom is -0.317 e. The van der Waals surface area contributed by atoms with Crippen LogP contribution >= 0.6 is 11.3 Å². The zero-order valence-electron chi connectivity index (χ0n) is 12.1. The molecule has 0 radical (unpaired) electrons. The Kier molecular flexibility index (Phi) is 4.22. The highest BCUT2D eigenvalue weighted by Gasteiger charge is 2.40. The first kappa shape index (κ1) is 15.2. The monoisotopic (exact) mass is 331 g/mol. The molecule has 0 unspecified atom stereocenters. The van der Waals surface area contributed by atoms with E-state index in [0.29, 0.717) is 18.2 Å². The van der Waals surface area contributed by atoms with Crippen LogP contribution in [0.4, 0.5) is 0 Å². The predicted octanol–water partition coefficient (Wildman–Crippen LogP) is 0.898. The number of aromatic nitrogens is 1. The Morgan fingerprint density at radius 1 is 1.24 bits per heavy atom. The molecular formula is C13H21N3O3S2. The number of hydrogen-bond acceptors (Lipinski definition) is 5. The molecule has 1 saturated carbocycles. The van der Waals surface area contributed by atoms with Crippen LogP contribution in [-0.2, 0) is 10.0 Å². The molecule has 1 aromatic heterocycles. The largest absolute Gasteiger partial charge is 0.317 e. The molecule has 6 nitrogen and oxygen atoms in total. The standard InChI is InChI=1S/C13H21N3O3S2/c1-9-12(20-13(17)15-9)21(18,19)16(11-2-3-11)8-10-4-6-14-7-5-10/h10-11,14H,2-8H2,1H3,(H,15,17). The first-order valence-corrected chi connectivity index (χ1v) is 9.66. The van der Waals surface area contributed by atoms with Crippen molar-refractivity contribution in [2.45, 2.75) is 42.9 Å². The molecule has 0 amide bonds. The molecule has 2 N–H and O–H groups in total. The van der Waals surface area contributed by atoms with Gasteiger partial charge in [0.15, 0.2) is 4.21 Å². The zero-order chi connectivity index (χ0) is 15.0. The molecule has 1 aliphatic carbocycles. The molecule has 21 heavy (non-hydrogen) atoms. The third-order valence-electron chi connectivity index (χ3n) is 4.18. The first-order valence-electron chi connectivity index (χ1n) is 7.41. The second-order valence-corrected chi connectivity index (χ2v) is 9.00. The average molecular weight is 331 g/mol. The van der Waals surface area contributed by atoms with Crippen LogP contribution in [0.3, 0.4) is 0 Å². The number of nitrogens with zero attached hydrogens (tertiary/aromatic N) is 1. The van der Waals surface area contributed by atoms with Crippen molar-refractivity contribution in [2.24, 2.45) is 5.92 Å². The van der Waals surface area contributed by atoms with Crippen LogP contribution in [-0.4, -0.2) is 43.4 Å². The van der Waals surface area contributed by atoms with Gasteiger partial charge in [-0.3, -0.25) is 4.79 Å². The number of aromatic amines is 1.